The van der Waals surface area contributed by atoms with E-state index in [9.17, 15) is 4.79 Å². The number of thioether (sulfide) groups is 1. The molecule has 3 rings (SSSR count). The van der Waals surface area contributed by atoms with Crippen molar-refractivity contribution in [2.24, 2.45) is 18.4 Å². The molecule has 1 aromatic rings. The first-order valence-electron chi connectivity index (χ1n) is 8.54. The highest BCUT2D eigenvalue weighted by molar-refractivity contribution is 7.98. The molecule has 5 nitrogen and oxygen atoms in total. The quantitative estimate of drug-likeness (QED) is 0.862. The predicted octanol–water partition coefficient (Wildman–Crippen LogP) is 1.89. The minimum atomic E-state index is 0.0737. The van der Waals surface area contributed by atoms with Crippen LogP contribution in [0.1, 0.15) is 32.0 Å². The molecule has 128 valence electrons. The summed E-state index contributed by atoms with van der Waals surface area (Å²) < 4.78 is 2.02. The van der Waals surface area contributed by atoms with Crippen LogP contribution in [-0.4, -0.2) is 51.5 Å². The van der Waals surface area contributed by atoms with Gasteiger partial charge in [-0.2, -0.15) is 11.8 Å². The van der Waals surface area contributed by atoms with E-state index in [0.29, 0.717) is 23.9 Å². The van der Waals surface area contributed by atoms with Crippen molar-refractivity contribution in [2.45, 2.75) is 38.8 Å². The molecule has 0 unspecified atom stereocenters. The summed E-state index contributed by atoms with van der Waals surface area (Å²) in [5.74, 6) is 2.23. The van der Waals surface area contributed by atoms with E-state index in [1.807, 2.05) is 24.0 Å². The van der Waals surface area contributed by atoms with Gasteiger partial charge < -0.3 is 14.8 Å². The summed E-state index contributed by atoms with van der Waals surface area (Å²) in [7, 11) is 2.00. The van der Waals surface area contributed by atoms with Crippen molar-refractivity contribution < 1.29 is 4.79 Å². The van der Waals surface area contributed by atoms with Gasteiger partial charge in [-0.15, -0.1) is 0 Å². The fourth-order valence-electron chi connectivity index (χ4n) is 3.88. The Morgan fingerprint density at radius 3 is 2.91 bits per heavy atom. The van der Waals surface area contributed by atoms with Crippen molar-refractivity contribution in [3.63, 3.8) is 0 Å². The van der Waals surface area contributed by atoms with Gasteiger partial charge in [0.25, 0.3) is 0 Å². The molecule has 0 aromatic carbocycles. The molecule has 2 atom stereocenters. The highest BCUT2D eigenvalue weighted by Gasteiger charge is 2.58. The Balaban J connectivity index is 1.76. The highest BCUT2D eigenvalue weighted by Crippen LogP contribution is 2.56. The van der Waals surface area contributed by atoms with E-state index in [1.165, 1.54) is 12.8 Å². The third kappa shape index (κ3) is 3.43. The number of rotatable bonds is 6. The first kappa shape index (κ1) is 16.8. The van der Waals surface area contributed by atoms with Gasteiger partial charge in [0.15, 0.2) is 0 Å². The number of piperidine rings is 1. The largest absolute Gasteiger partial charge is 0.337 e. The third-order valence-electron chi connectivity index (χ3n) is 5.48. The topological polar surface area (TPSA) is 50.2 Å². The summed E-state index contributed by atoms with van der Waals surface area (Å²) >= 11 is 1.75. The lowest BCUT2D eigenvalue weighted by atomic mass is 9.93. The normalized spacial score (nSPS) is 23.7. The van der Waals surface area contributed by atoms with E-state index in [-0.39, 0.29) is 5.92 Å². The second kappa shape index (κ2) is 6.85. The van der Waals surface area contributed by atoms with Crippen LogP contribution in [0.3, 0.4) is 0 Å². The molecule has 1 saturated heterocycles. The maximum absolute atomic E-state index is 13.0. The van der Waals surface area contributed by atoms with Crippen molar-refractivity contribution in [1.82, 2.24) is 19.8 Å². The lowest BCUT2D eigenvalue weighted by molar-refractivity contribution is -0.136. The van der Waals surface area contributed by atoms with E-state index < -0.39 is 0 Å². The fraction of sp³-hybridized carbons (Fsp3) is 0.765. The lowest BCUT2D eigenvalue weighted by Crippen LogP contribution is -2.42. The molecule has 1 aliphatic heterocycles. The van der Waals surface area contributed by atoms with Crippen LogP contribution >= 0.6 is 11.8 Å². The van der Waals surface area contributed by atoms with Gasteiger partial charge in [-0.1, -0.05) is 6.92 Å². The summed E-state index contributed by atoms with van der Waals surface area (Å²) in [4.78, 5) is 19.6. The Labute approximate surface area is 143 Å². The molecular formula is C17H28N4OS. The summed E-state index contributed by atoms with van der Waals surface area (Å²) in [5.41, 5.74) is 0.366. The smallest absolute Gasteiger partial charge is 0.226 e. The molecule has 1 amide bonds. The number of carbonyl (C=O) groups excluding carboxylic acids is 1. The molecule has 1 saturated carbocycles. The summed E-state index contributed by atoms with van der Waals surface area (Å²) in [6, 6.07) is 0.401. The van der Waals surface area contributed by atoms with Crippen LogP contribution in [0.5, 0.6) is 0 Å². The van der Waals surface area contributed by atoms with Gasteiger partial charge >= 0.3 is 0 Å². The Morgan fingerprint density at radius 1 is 1.57 bits per heavy atom. The Hall–Kier alpha value is -1.01. The first-order chi connectivity index (χ1) is 11.1. The van der Waals surface area contributed by atoms with Crippen LogP contribution in [0.4, 0.5) is 0 Å². The van der Waals surface area contributed by atoms with E-state index in [4.69, 9.17) is 0 Å². The van der Waals surface area contributed by atoms with Crippen LogP contribution in [0.25, 0.3) is 0 Å². The second-order valence-corrected chi connectivity index (χ2v) is 8.02. The number of aryl methyl sites for hydroxylation is 1. The number of nitrogens with zero attached hydrogens (tertiary/aromatic N) is 3. The molecule has 2 heterocycles. The second-order valence-electron chi connectivity index (χ2n) is 7.11. The van der Waals surface area contributed by atoms with Gasteiger partial charge in [-0.05, 0) is 44.0 Å². The number of nitrogens with one attached hydrogen (secondary N) is 1. The number of aromatic nitrogens is 2. The lowest BCUT2D eigenvalue weighted by Gasteiger charge is -2.31. The number of hydrogen-bond acceptors (Lipinski definition) is 4. The zero-order valence-corrected chi connectivity index (χ0v) is 15.2. The summed E-state index contributed by atoms with van der Waals surface area (Å²) in [6.45, 7) is 4.87. The standard InChI is InChI=1S/C17H28N4OS/c1-13(12-23-3)16(22)21(11-15-19-8-9-20(15)2)14-10-17(14)4-6-18-7-5-17/h8-9,13-14,18H,4-7,10-12H2,1-3H3/t13-,14-/m0/s1. The molecule has 23 heavy (non-hydrogen) atoms. The number of hydrogen-bond donors (Lipinski definition) is 1. The Kier molecular flexibility index (Phi) is 5.01. The molecule has 2 fully saturated rings. The average molecular weight is 337 g/mol. The number of carbonyl (C=O) groups is 1. The first-order valence-corrected chi connectivity index (χ1v) is 9.93. The van der Waals surface area contributed by atoms with Gasteiger partial charge in [-0.25, -0.2) is 4.98 Å². The number of amides is 1. The predicted molar refractivity (Wildman–Crippen MR) is 94.2 cm³/mol. The van der Waals surface area contributed by atoms with E-state index in [2.05, 4.69) is 28.4 Å². The molecule has 1 aromatic heterocycles. The number of imidazole rings is 1. The maximum Gasteiger partial charge on any atom is 0.226 e. The zero-order valence-electron chi connectivity index (χ0n) is 14.4. The molecule has 2 aliphatic rings. The van der Waals surface area contributed by atoms with Crippen molar-refractivity contribution in [1.29, 1.82) is 0 Å². The fourth-order valence-corrected chi connectivity index (χ4v) is 4.52. The van der Waals surface area contributed by atoms with E-state index >= 15 is 0 Å². The van der Waals surface area contributed by atoms with Crippen molar-refractivity contribution in [3.8, 4) is 0 Å². The third-order valence-corrected chi connectivity index (χ3v) is 6.31. The molecule has 1 spiro atoms. The van der Waals surface area contributed by atoms with E-state index in [1.54, 1.807) is 11.8 Å². The van der Waals surface area contributed by atoms with Crippen LogP contribution < -0.4 is 5.32 Å². The molecule has 0 radical (unpaired) electrons. The summed E-state index contributed by atoms with van der Waals surface area (Å²) in [6.07, 6.45) is 9.39. The van der Waals surface area contributed by atoms with Crippen LogP contribution in [0.2, 0.25) is 0 Å². The monoisotopic (exact) mass is 336 g/mol. The molecule has 0 bridgehead atoms. The van der Waals surface area contributed by atoms with Crippen molar-refractivity contribution in [3.05, 3.63) is 18.2 Å². The van der Waals surface area contributed by atoms with Crippen LogP contribution in [-0.2, 0) is 18.4 Å². The maximum atomic E-state index is 13.0. The minimum absolute atomic E-state index is 0.0737. The zero-order chi connectivity index (χ0) is 16.4. The minimum Gasteiger partial charge on any atom is -0.337 e. The van der Waals surface area contributed by atoms with Gasteiger partial charge in [0.2, 0.25) is 5.91 Å². The van der Waals surface area contributed by atoms with Gasteiger partial charge in [0.05, 0.1) is 6.54 Å². The van der Waals surface area contributed by atoms with E-state index in [0.717, 1.165) is 31.1 Å². The van der Waals surface area contributed by atoms with Gasteiger partial charge in [0.1, 0.15) is 5.82 Å². The summed E-state index contributed by atoms with van der Waals surface area (Å²) in [5, 5.41) is 3.44. The molecule has 1 N–H and O–H groups in total. The highest BCUT2D eigenvalue weighted by atomic mass is 32.2. The molecule has 6 heteroatoms. The van der Waals surface area contributed by atoms with Crippen LogP contribution in [0, 0.1) is 11.3 Å². The molecule has 1 aliphatic carbocycles. The van der Waals surface area contributed by atoms with Crippen LogP contribution in [0.15, 0.2) is 12.4 Å². The Bertz CT molecular complexity index is 553. The van der Waals surface area contributed by atoms with Crippen molar-refractivity contribution in [2.75, 3.05) is 25.1 Å². The van der Waals surface area contributed by atoms with Gasteiger partial charge in [-0.3, -0.25) is 4.79 Å². The van der Waals surface area contributed by atoms with Gasteiger partial charge in [0, 0.05) is 37.2 Å². The SMILES string of the molecule is CSC[C@H](C)C(=O)N(Cc1nccn1C)[C@H]1CC12CCNCC2. The average Bonchev–Trinajstić information content (AvgIpc) is 3.06. The molecular weight excluding hydrogens is 308 g/mol. The van der Waals surface area contributed by atoms with Crippen molar-refractivity contribution >= 4 is 17.7 Å². The Morgan fingerprint density at radius 2 is 2.30 bits per heavy atom.